The van der Waals surface area contributed by atoms with Crippen molar-refractivity contribution in [2.24, 2.45) is 0 Å². The molecule has 0 spiro atoms. The van der Waals surface area contributed by atoms with E-state index >= 15 is 0 Å². The number of carboxylic acid groups (broad SMARTS) is 2. The average Bonchev–Trinajstić information content (AvgIpc) is 2.98. The van der Waals surface area contributed by atoms with Crippen LogP contribution in [0.3, 0.4) is 0 Å². The molecule has 210 valence electrons. The van der Waals surface area contributed by atoms with Crippen molar-refractivity contribution in [3.63, 3.8) is 0 Å². The van der Waals surface area contributed by atoms with Gasteiger partial charge in [-0.1, -0.05) is 68.4 Å². The first-order chi connectivity index (χ1) is 19.8. The zero-order valence-electron chi connectivity index (χ0n) is 22.9. The van der Waals surface area contributed by atoms with Crippen LogP contribution in [0.4, 0.5) is 11.4 Å². The molecule has 0 aliphatic heterocycles. The van der Waals surface area contributed by atoms with Crippen molar-refractivity contribution in [2.75, 3.05) is 10.8 Å². The molecule has 4 aromatic rings. The lowest BCUT2D eigenvalue weighted by molar-refractivity contribution is 0.0682. The number of hydrogen-bond acceptors (Lipinski definition) is 5. The van der Waals surface area contributed by atoms with Crippen LogP contribution in [-0.4, -0.2) is 28.1 Å². The number of benzene rings is 4. The van der Waals surface area contributed by atoms with Crippen molar-refractivity contribution < 1.29 is 29.4 Å². The van der Waals surface area contributed by atoms with Gasteiger partial charge in [0.15, 0.2) is 0 Å². The summed E-state index contributed by atoms with van der Waals surface area (Å²) in [7, 11) is 0. The second-order valence-electron chi connectivity index (χ2n) is 9.52. The minimum Gasteiger partial charge on any atom is -0.478 e. The number of rotatable bonds is 12. The second-order valence-corrected chi connectivity index (χ2v) is 9.52. The van der Waals surface area contributed by atoms with Gasteiger partial charge in [0.1, 0.15) is 6.61 Å². The molecule has 0 radical (unpaired) electrons. The number of hydrogen-bond donors (Lipinski definition) is 4. The summed E-state index contributed by atoms with van der Waals surface area (Å²) in [5.74, 6) is -2.60. The molecular weight excluding hydrogens is 520 g/mol. The van der Waals surface area contributed by atoms with Crippen LogP contribution < -0.4 is 10.8 Å². The number of carbonyl (C=O) groups excluding carboxylic acids is 1. The Hall–Kier alpha value is -4.95. The first-order valence-corrected chi connectivity index (χ1v) is 13.4. The number of carboxylic acids is 2. The third-order valence-electron chi connectivity index (χ3n) is 6.82. The molecule has 1 amide bonds. The van der Waals surface area contributed by atoms with Gasteiger partial charge in [0.25, 0.3) is 5.91 Å². The van der Waals surface area contributed by atoms with Crippen molar-refractivity contribution >= 4 is 29.2 Å². The van der Waals surface area contributed by atoms with E-state index < -0.39 is 17.8 Å². The molecule has 0 aliphatic carbocycles. The van der Waals surface area contributed by atoms with Gasteiger partial charge < -0.3 is 15.5 Å². The van der Waals surface area contributed by atoms with Gasteiger partial charge in [0.05, 0.1) is 22.4 Å². The Labute approximate surface area is 238 Å². The number of aromatic carboxylic acids is 2. The fourth-order valence-corrected chi connectivity index (χ4v) is 4.66. The highest BCUT2D eigenvalue weighted by molar-refractivity contribution is 6.10. The van der Waals surface area contributed by atoms with E-state index in [1.165, 1.54) is 12.1 Å². The molecule has 4 aromatic carbocycles. The first kappa shape index (κ1) is 29.0. The van der Waals surface area contributed by atoms with Crippen molar-refractivity contribution in [3.8, 4) is 0 Å². The molecule has 8 heteroatoms. The molecule has 0 aliphatic rings. The predicted octanol–water partition coefficient (Wildman–Crippen LogP) is 6.59. The Kier molecular flexibility index (Phi) is 9.50. The smallest absolute Gasteiger partial charge is 0.336 e. The maximum absolute atomic E-state index is 12.9. The summed E-state index contributed by atoms with van der Waals surface area (Å²) in [5.41, 5.74) is 9.50. The van der Waals surface area contributed by atoms with E-state index in [-0.39, 0.29) is 23.3 Å². The minimum atomic E-state index is -1.15. The number of amides is 1. The van der Waals surface area contributed by atoms with Gasteiger partial charge in [-0.05, 0) is 77.4 Å². The van der Waals surface area contributed by atoms with Crippen molar-refractivity contribution in [2.45, 2.75) is 39.7 Å². The van der Waals surface area contributed by atoms with E-state index in [0.29, 0.717) is 24.1 Å². The molecule has 0 bridgehead atoms. The van der Waals surface area contributed by atoms with Gasteiger partial charge in [-0.15, -0.1) is 0 Å². The zero-order valence-corrected chi connectivity index (χ0v) is 22.9. The van der Waals surface area contributed by atoms with Crippen LogP contribution in [0.1, 0.15) is 72.7 Å². The molecule has 0 saturated heterocycles. The monoisotopic (exact) mass is 552 g/mol. The van der Waals surface area contributed by atoms with Gasteiger partial charge in [-0.2, -0.15) is 0 Å². The maximum Gasteiger partial charge on any atom is 0.336 e. The van der Waals surface area contributed by atoms with E-state index in [2.05, 4.69) is 29.9 Å². The topological polar surface area (TPSA) is 125 Å². The summed E-state index contributed by atoms with van der Waals surface area (Å²) in [6.45, 7) is 4.17. The molecule has 0 unspecified atom stereocenters. The van der Waals surface area contributed by atoms with Crippen LogP contribution in [0.5, 0.6) is 0 Å². The fraction of sp³-hybridized carbons (Fsp3) is 0.182. The van der Waals surface area contributed by atoms with Gasteiger partial charge in [0, 0.05) is 5.69 Å². The first-order valence-electron chi connectivity index (χ1n) is 13.4. The Bertz CT molecular complexity index is 1580. The molecule has 0 saturated carbocycles. The number of anilines is 2. The number of aryl methyl sites for hydroxylation is 2. The van der Waals surface area contributed by atoms with Crippen molar-refractivity contribution in [1.29, 1.82) is 0 Å². The van der Waals surface area contributed by atoms with E-state index in [4.69, 9.17) is 4.84 Å². The summed E-state index contributed by atoms with van der Waals surface area (Å²) >= 11 is 0. The number of carbonyl (C=O) groups is 3. The molecule has 8 nitrogen and oxygen atoms in total. The van der Waals surface area contributed by atoms with Crippen molar-refractivity contribution in [1.82, 2.24) is 0 Å². The average molecular weight is 553 g/mol. The summed E-state index contributed by atoms with van der Waals surface area (Å²) < 4.78 is 0. The SMILES string of the molecule is CCc1cc(Cc2ccc(NC(=O)c3ccccc3C(=O)O)c(CC)c2)ccc1NOCc1ccccc1C(=O)O. The van der Waals surface area contributed by atoms with Crippen LogP contribution in [0.25, 0.3) is 0 Å². The summed E-state index contributed by atoms with van der Waals surface area (Å²) in [5, 5.41) is 21.7. The lowest BCUT2D eigenvalue weighted by atomic mass is 9.98. The molecule has 41 heavy (non-hydrogen) atoms. The quantitative estimate of drug-likeness (QED) is 0.146. The standard InChI is InChI=1S/C33H32N2O6/c1-3-23-18-21(13-15-29(23)34-31(36)27-11-7-8-12-28(27)33(39)40)17-22-14-16-30(24(4-2)19-22)35-41-20-25-9-5-6-10-26(25)32(37)38/h5-16,18-19,35H,3-4,17,20H2,1-2H3,(H,34,36)(H,37,38)(H,39,40). The molecule has 0 aromatic heterocycles. The normalized spacial score (nSPS) is 10.7. The van der Waals surface area contributed by atoms with Gasteiger partial charge in [-0.3, -0.25) is 15.1 Å². The Morgan fingerprint density at radius 3 is 1.80 bits per heavy atom. The fourth-order valence-electron chi connectivity index (χ4n) is 4.66. The largest absolute Gasteiger partial charge is 0.478 e. The highest BCUT2D eigenvalue weighted by atomic mass is 16.6. The Balaban J connectivity index is 1.44. The third kappa shape index (κ3) is 7.17. The Morgan fingerprint density at radius 2 is 1.20 bits per heavy atom. The van der Waals surface area contributed by atoms with E-state index in [1.54, 1.807) is 36.4 Å². The number of nitrogens with one attached hydrogen (secondary N) is 2. The van der Waals surface area contributed by atoms with Crippen molar-refractivity contribution in [3.05, 3.63) is 129 Å². The van der Waals surface area contributed by atoms with E-state index in [0.717, 1.165) is 34.4 Å². The van der Waals surface area contributed by atoms with Gasteiger partial charge in [0.2, 0.25) is 0 Å². The van der Waals surface area contributed by atoms with E-state index in [9.17, 15) is 24.6 Å². The van der Waals surface area contributed by atoms with E-state index in [1.807, 2.05) is 31.2 Å². The van der Waals surface area contributed by atoms with Crippen LogP contribution >= 0.6 is 0 Å². The predicted molar refractivity (Wildman–Crippen MR) is 158 cm³/mol. The van der Waals surface area contributed by atoms with Crippen LogP contribution in [0, 0.1) is 0 Å². The van der Waals surface area contributed by atoms with Crippen LogP contribution in [-0.2, 0) is 30.7 Å². The van der Waals surface area contributed by atoms with Gasteiger partial charge >= 0.3 is 11.9 Å². The lowest BCUT2D eigenvalue weighted by Gasteiger charge is -2.15. The van der Waals surface area contributed by atoms with Crippen LogP contribution in [0.15, 0.2) is 84.9 Å². The highest BCUT2D eigenvalue weighted by Gasteiger charge is 2.17. The summed E-state index contributed by atoms with van der Waals surface area (Å²) in [6, 6.07) is 24.8. The minimum absolute atomic E-state index is 0.0418. The zero-order chi connectivity index (χ0) is 29.4. The Morgan fingerprint density at radius 1 is 0.659 bits per heavy atom. The molecule has 4 rings (SSSR count). The molecule has 0 atom stereocenters. The second kappa shape index (κ2) is 13.4. The maximum atomic E-state index is 12.9. The van der Waals surface area contributed by atoms with Crippen LogP contribution in [0.2, 0.25) is 0 Å². The summed E-state index contributed by atoms with van der Waals surface area (Å²) in [4.78, 5) is 41.5. The molecule has 4 N–H and O–H groups in total. The van der Waals surface area contributed by atoms with Gasteiger partial charge in [-0.25, -0.2) is 9.59 Å². The molecular formula is C33H32N2O6. The third-order valence-corrected chi connectivity index (χ3v) is 6.82. The molecule has 0 fully saturated rings. The summed E-state index contributed by atoms with van der Waals surface area (Å²) in [6.07, 6.45) is 2.15. The lowest BCUT2D eigenvalue weighted by Crippen LogP contribution is -2.17. The molecule has 0 heterocycles. The highest BCUT2D eigenvalue weighted by Crippen LogP contribution is 2.25.